The minimum absolute atomic E-state index is 0.111. The molecular formula is C26H26F10N6O3S. The number of alkyl halides is 5. The highest BCUT2D eigenvalue weighted by Gasteiger charge is 2.70. The van der Waals surface area contributed by atoms with Gasteiger partial charge < -0.3 is 10.4 Å². The van der Waals surface area contributed by atoms with Crippen LogP contribution in [0.2, 0.25) is 0 Å². The van der Waals surface area contributed by atoms with Gasteiger partial charge in [0.1, 0.15) is 16.6 Å². The van der Waals surface area contributed by atoms with Crippen LogP contribution in [0.3, 0.4) is 0 Å². The smallest absolute Gasteiger partial charge is 0.388 e. The van der Waals surface area contributed by atoms with Crippen molar-refractivity contribution in [3.63, 3.8) is 0 Å². The number of benzene rings is 1. The molecular weight excluding hydrogens is 666 g/mol. The Kier molecular flexibility index (Phi) is 8.05. The molecule has 1 aliphatic carbocycles. The number of amides is 2. The summed E-state index contributed by atoms with van der Waals surface area (Å²) < 4.78 is 142. The number of halogens is 10. The van der Waals surface area contributed by atoms with Crippen molar-refractivity contribution in [2.75, 3.05) is 11.4 Å². The van der Waals surface area contributed by atoms with Gasteiger partial charge in [-0.15, -0.1) is 0 Å². The first kappa shape index (κ1) is 35.0. The van der Waals surface area contributed by atoms with E-state index in [0.29, 0.717) is 17.3 Å². The Labute approximate surface area is 254 Å². The zero-order valence-corrected chi connectivity index (χ0v) is 24.4. The molecule has 20 heteroatoms. The van der Waals surface area contributed by atoms with Crippen LogP contribution in [0.15, 0.2) is 47.8 Å². The van der Waals surface area contributed by atoms with E-state index in [0.717, 1.165) is 13.1 Å². The summed E-state index contributed by atoms with van der Waals surface area (Å²) in [5, 5.41) is 22.2. The van der Waals surface area contributed by atoms with Crippen LogP contribution in [0.25, 0.3) is 0 Å². The number of anilines is 1. The molecule has 1 aromatic carbocycles. The Bertz CT molecular complexity index is 1530. The van der Waals surface area contributed by atoms with Gasteiger partial charge in [0, 0.05) is 43.4 Å². The average Bonchev–Trinajstić information content (AvgIpc) is 3.25. The maximum atomic E-state index is 15.6. The summed E-state index contributed by atoms with van der Waals surface area (Å²) in [6, 6.07) is -3.57. The molecule has 2 N–H and O–H groups in total. The molecule has 0 spiro atoms. The number of hydrogen-bond donors (Lipinski definition) is 2. The molecule has 1 aromatic heterocycles. The lowest BCUT2D eigenvalue weighted by atomic mass is 9.86. The fourth-order valence-corrected chi connectivity index (χ4v) is 6.23. The molecule has 2 heterocycles. The van der Waals surface area contributed by atoms with E-state index in [-0.39, 0.29) is 29.2 Å². The van der Waals surface area contributed by atoms with Gasteiger partial charge in [-0.1, -0.05) is 19.4 Å². The topological polar surface area (TPSA) is 122 Å². The number of aliphatic hydroxyl groups is 1. The standard InChI is InChI=1S/C26H26F10N6O3S/c1-23(45)12-19(41(14-23)15-37)21(43)42(17-2-4-18(5-3-17)46(32,33,34,35)36)25(26(29,30)31,20-13-38-10-11-39-20)22(44)40-16-6-8-24(27,28)9-7-16/h2-5,10-11,13,16,19,45H,6-9,12,14H2,1H3,(H,40,44). The lowest BCUT2D eigenvalue weighted by molar-refractivity contribution is -0.199. The van der Waals surface area contributed by atoms with Crippen LogP contribution in [0.1, 0.15) is 44.7 Å². The highest BCUT2D eigenvalue weighted by Crippen LogP contribution is 3.02. The summed E-state index contributed by atoms with van der Waals surface area (Å²) >= 11 is 0. The van der Waals surface area contributed by atoms with Crippen molar-refractivity contribution >= 4 is 27.7 Å². The van der Waals surface area contributed by atoms with Crippen LogP contribution >= 0.6 is 10.2 Å². The number of aromatic nitrogens is 2. The van der Waals surface area contributed by atoms with E-state index >= 15 is 13.2 Å². The van der Waals surface area contributed by atoms with Gasteiger partial charge in [0.15, 0.2) is 6.19 Å². The van der Waals surface area contributed by atoms with Gasteiger partial charge in [-0.2, -0.15) is 18.4 Å². The Balaban J connectivity index is 2.00. The van der Waals surface area contributed by atoms with E-state index in [4.69, 9.17) is 0 Å². The number of nitrogens with one attached hydrogen (secondary N) is 1. The summed E-state index contributed by atoms with van der Waals surface area (Å²) in [4.78, 5) is 33.0. The van der Waals surface area contributed by atoms with E-state index < -0.39 is 112 Å². The summed E-state index contributed by atoms with van der Waals surface area (Å²) in [6.07, 6.45) is -5.67. The van der Waals surface area contributed by atoms with Crippen molar-refractivity contribution in [1.82, 2.24) is 20.2 Å². The fraction of sp³-hybridized carbons (Fsp3) is 0.500. The van der Waals surface area contributed by atoms with Crippen LogP contribution in [0.5, 0.6) is 0 Å². The minimum Gasteiger partial charge on any atom is -0.388 e. The number of hydrogen-bond acceptors (Lipinski definition) is 7. The molecule has 1 aliphatic heterocycles. The molecule has 2 fully saturated rings. The summed E-state index contributed by atoms with van der Waals surface area (Å²) in [6.45, 7) is 0.563. The van der Waals surface area contributed by atoms with Crippen molar-refractivity contribution in [1.29, 1.82) is 5.26 Å². The summed E-state index contributed by atoms with van der Waals surface area (Å²) in [7, 11) is -10.4. The normalized spacial score (nSPS) is 25.0. The molecule has 4 rings (SSSR count). The Hall–Kier alpha value is -3.86. The van der Waals surface area contributed by atoms with Gasteiger partial charge in [0.25, 0.3) is 17.4 Å². The van der Waals surface area contributed by atoms with Crippen molar-refractivity contribution in [3.8, 4) is 6.19 Å². The van der Waals surface area contributed by atoms with Crippen molar-refractivity contribution in [2.45, 2.75) is 79.2 Å². The molecule has 0 radical (unpaired) electrons. The average molecular weight is 693 g/mol. The van der Waals surface area contributed by atoms with Crippen LogP contribution in [-0.2, 0) is 15.1 Å². The molecule has 1 saturated carbocycles. The number of nitrogens with zero attached hydrogens (tertiary/aromatic N) is 5. The van der Waals surface area contributed by atoms with E-state index in [2.05, 4.69) is 9.97 Å². The first-order valence-electron chi connectivity index (χ1n) is 13.4. The second kappa shape index (κ2) is 10.6. The number of likely N-dealkylation sites (tertiary alicyclic amines) is 1. The quantitative estimate of drug-likeness (QED) is 0.273. The van der Waals surface area contributed by atoms with Gasteiger partial charge in [-0.3, -0.25) is 29.4 Å². The molecule has 254 valence electrons. The van der Waals surface area contributed by atoms with Gasteiger partial charge in [-0.25, -0.2) is 8.78 Å². The van der Waals surface area contributed by atoms with Crippen LogP contribution in [-0.4, -0.2) is 68.1 Å². The highest BCUT2D eigenvalue weighted by atomic mass is 32.5. The van der Waals surface area contributed by atoms with E-state index in [1.807, 2.05) is 5.32 Å². The molecule has 46 heavy (non-hydrogen) atoms. The van der Waals surface area contributed by atoms with Crippen LogP contribution in [0, 0.1) is 11.5 Å². The molecule has 1 saturated heterocycles. The first-order valence-corrected chi connectivity index (χ1v) is 15.4. The molecule has 2 amide bonds. The molecule has 3 atom stereocenters. The lowest BCUT2D eigenvalue weighted by Gasteiger charge is -2.45. The summed E-state index contributed by atoms with van der Waals surface area (Å²) in [5.41, 5.74) is -8.63. The van der Waals surface area contributed by atoms with Gasteiger partial charge in [-0.05, 0) is 44.0 Å². The third kappa shape index (κ3) is 6.79. The summed E-state index contributed by atoms with van der Waals surface area (Å²) in [5.74, 6) is -7.00. The zero-order chi connectivity index (χ0) is 34.6. The van der Waals surface area contributed by atoms with Gasteiger partial charge in [0.05, 0.1) is 18.3 Å². The molecule has 9 nitrogen and oxygen atoms in total. The zero-order valence-electron chi connectivity index (χ0n) is 23.6. The fourth-order valence-electron chi connectivity index (χ4n) is 5.58. The largest absolute Gasteiger partial charge is 0.427 e. The second-order valence-electron chi connectivity index (χ2n) is 11.5. The first-order chi connectivity index (χ1) is 20.8. The Morgan fingerprint density at radius 2 is 1.67 bits per heavy atom. The number of carbonyl (C=O) groups is 2. The van der Waals surface area contributed by atoms with Gasteiger partial charge in [0.2, 0.25) is 5.92 Å². The third-order valence-corrected chi connectivity index (χ3v) is 8.92. The van der Waals surface area contributed by atoms with Crippen molar-refractivity contribution in [2.24, 2.45) is 0 Å². The SMILES string of the molecule is CC1(O)CC(C(=O)N(c2ccc(S(F)(F)(F)(F)F)cc2)C(C(=O)NC2CCC(F)(F)CC2)(c2cnccn2)C(F)(F)F)N(C#N)C1. The second-order valence-corrected chi connectivity index (χ2v) is 13.9. The predicted octanol–water partition coefficient (Wildman–Crippen LogP) is 5.93. The third-order valence-electron chi connectivity index (χ3n) is 7.76. The maximum absolute atomic E-state index is 15.6. The van der Waals surface area contributed by atoms with Crippen molar-refractivity contribution in [3.05, 3.63) is 48.5 Å². The van der Waals surface area contributed by atoms with Crippen LogP contribution < -0.4 is 10.2 Å². The van der Waals surface area contributed by atoms with Crippen molar-refractivity contribution < 1.29 is 56.1 Å². The molecule has 2 aromatic rings. The number of nitriles is 1. The lowest BCUT2D eigenvalue weighted by Crippen LogP contribution is -2.69. The van der Waals surface area contributed by atoms with E-state index in [1.165, 1.54) is 6.19 Å². The van der Waals surface area contributed by atoms with E-state index in [9.17, 15) is 48.2 Å². The number of carbonyl (C=O) groups excluding carboxylic acids is 2. The molecule has 3 unspecified atom stereocenters. The molecule has 2 aliphatic rings. The maximum Gasteiger partial charge on any atom is 0.427 e. The Morgan fingerprint density at radius 3 is 2.15 bits per heavy atom. The molecule has 0 bridgehead atoms. The monoisotopic (exact) mass is 692 g/mol. The highest BCUT2D eigenvalue weighted by molar-refractivity contribution is 8.45. The predicted molar refractivity (Wildman–Crippen MR) is 142 cm³/mol. The number of rotatable bonds is 7. The van der Waals surface area contributed by atoms with E-state index in [1.54, 1.807) is 0 Å². The van der Waals surface area contributed by atoms with Crippen LogP contribution in [0.4, 0.5) is 47.1 Å². The van der Waals surface area contributed by atoms with Gasteiger partial charge >= 0.3 is 16.4 Å². The minimum atomic E-state index is -10.4. The number of β-amino-alcohol motifs (C(OH)–C–C–N with tert-alkyl or cyclic N) is 1. The Morgan fingerprint density at radius 1 is 1.09 bits per heavy atom.